The average Bonchev–Trinajstić information content (AvgIpc) is 3.07. The van der Waals surface area contributed by atoms with Crippen molar-refractivity contribution in [1.29, 1.82) is 0 Å². The van der Waals surface area contributed by atoms with Gasteiger partial charge in [0, 0.05) is 0 Å². The van der Waals surface area contributed by atoms with Crippen molar-refractivity contribution in [3.63, 3.8) is 0 Å². The molecule has 0 atom stereocenters. The molecule has 0 radical (unpaired) electrons. The number of carbonyl (C=O) groups is 2. The summed E-state index contributed by atoms with van der Waals surface area (Å²) in [5.74, 6) is -0.279. The second-order valence-electron chi connectivity index (χ2n) is 6.24. The fraction of sp³-hybridized carbons (Fsp3) is 0.200. The van der Waals surface area contributed by atoms with E-state index in [0.717, 1.165) is 14.4 Å². The van der Waals surface area contributed by atoms with E-state index in [1.807, 2.05) is 6.07 Å². The molecule has 10 heteroatoms. The third kappa shape index (κ3) is 4.69. The van der Waals surface area contributed by atoms with E-state index < -0.39 is 6.03 Å². The van der Waals surface area contributed by atoms with Crippen molar-refractivity contribution in [3.8, 4) is 5.75 Å². The van der Waals surface area contributed by atoms with Crippen molar-refractivity contribution in [1.82, 2.24) is 0 Å². The molecule has 6 nitrogen and oxygen atoms in total. The number of nitrogens with one attached hydrogen (secondary N) is 1. The van der Waals surface area contributed by atoms with Gasteiger partial charge in [-0.2, -0.15) is 0 Å². The molecule has 0 aliphatic rings. The van der Waals surface area contributed by atoms with Gasteiger partial charge in [0.25, 0.3) is 0 Å². The normalized spacial score (nSPS) is 11.2. The fourth-order valence-electron chi connectivity index (χ4n) is 3.23. The molecule has 0 aliphatic carbocycles. The first-order valence-electron chi connectivity index (χ1n) is 8.57. The first kappa shape index (κ1) is 24.3. The van der Waals surface area contributed by atoms with Crippen LogP contribution in [0, 0.1) is 3.57 Å². The third-order valence-corrected chi connectivity index (χ3v) is 9.00. The number of halogens is 4. The molecule has 1 heterocycles. The number of carbonyl (C=O) groups excluding carboxylic acids is 2. The molecule has 3 rings (SSSR count). The average molecular weight is 857 g/mol. The van der Waals surface area contributed by atoms with Gasteiger partial charge in [0.2, 0.25) is 0 Å². The third-order valence-electron chi connectivity index (χ3n) is 4.59. The van der Waals surface area contributed by atoms with Crippen LogP contribution >= 0.6 is 67.8 Å². The van der Waals surface area contributed by atoms with Gasteiger partial charge in [-0.3, -0.25) is 0 Å². The zero-order chi connectivity index (χ0) is 22.0. The van der Waals surface area contributed by atoms with Gasteiger partial charge in [-0.05, 0) is 0 Å². The van der Waals surface area contributed by atoms with Gasteiger partial charge < -0.3 is 0 Å². The minimum atomic E-state index is -0.790. The number of hydrogen-bond donors (Lipinski definition) is 3. The van der Waals surface area contributed by atoms with Crippen LogP contribution < -0.4 is 32.3 Å². The molecule has 2 amide bonds. The van der Waals surface area contributed by atoms with Crippen molar-refractivity contribution in [2.45, 2.75) is 13.3 Å². The zero-order valence-corrected chi connectivity index (χ0v) is 24.3. The molecule has 4 N–H and O–H groups in total. The summed E-state index contributed by atoms with van der Waals surface area (Å²) in [7, 11) is 0. The van der Waals surface area contributed by atoms with Gasteiger partial charge >= 0.3 is 227 Å². The maximum absolute atomic E-state index is 13.7. The van der Waals surface area contributed by atoms with Gasteiger partial charge in [-0.15, -0.1) is 0 Å². The van der Waals surface area contributed by atoms with Crippen LogP contribution in [0.5, 0.6) is 5.75 Å². The topological polar surface area (TPSA) is 106 Å². The van der Waals surface area contributed by atoms with Crippen LogP contribution in [0.3, 0.4) is 0 Å². The van der Waals surface area contributed by atoms with Crippen molar-refractivity contribution in [2.24, 2.45) is 5.73 Å². The van der Waals surface area contributed by atoms with Crippen molar-refractivity contribution < 1.29 is 40.3 Å². The quantitative estimate of drug-likeness (QED) is 0.193. The number of fused-ring (bicyclic) bond motifs is 1. The molecule has 0 aliphatic heterocycles. The summed E-state index contributed by atoms with van der Waals surface area (Å²) in [5, 5.41) is 12.8. The van der Waals surface area contributed by atoms with E-state index in [0.29, 0.717) is 21.0 Å². The number of primary amides is 1. The molecule has 0 spiro atoms. The zero-order valence-electron chi connectivity index (χ0n) is 15.7. The second kappa shape index (κ2) is 10.5. The molecule has 0 saturated heterocycles. The number of rotatable bonds is 7. The molecule has 160 valence electrons. The van der Waals surface area contributed by atoms with Crippen LogP contribution in [-0.4, -0.2) is 21.9 Å². The number of urea groups is 1. The Bertz CT molecular complexity index is 1140. The predicted octanol–water partition coefficient (Wildman–Crippen LogP) is 2.55. The SMILES string of the molecule is C[I-]c1cc(C(=O)c2oc3cc(O)ccc3c2NC(N)=O)c(CI)c(CI)c1CI. The first-order valence-corrected chi connectivity index (χ1v) is 16.4. The summed E-state index contributed by atoms with van der Waals surface area (Å²) in [5.41, 5.74) is 10.0. The molecule has 0 bridgehead atoms. The number of benzene rings is 2. The Morgan fingerprint density at radius 3 is 2.33 bits per heavy atom. The Labute approximate surface area is 224 Å². The summed E-state index contributed by atoms with van der Waals surface area (Å²) < 4.78 is 9.46. The van der Waals surface area contributed by atoms with Crippen LogP contribution in [0.2, 0.25) is 0 Å². The Balaban J connectivity index is 2.29. The molecule has 1 aromatic heterocycles. The van der Waals surface area contributed by atoms with E-state index in [1.165, 1.54) is 26.8 Å². The monoisotopic (exact) mass is 857 g/mol. The number of amides is 2. The number of ketones is 1. The van der Waals surface area contributed by atoms with Crippen LogP contribution in [0.4, 0.5) is 10.5 Å². The predicted molar refractivity (Wildman–Crippen MR) is 139 cm³/mol. The summed E-state index contributed by atoms with van der Waals surface area (Å²) in [4.78, 5) is 27.5. The molecule has 0 unspecified atom stereocenters. The second-order valence-corrected chi connectivity index (χ2v) is 10.8. The molecule has 30 heavy (non-hydrogen) atoms. The molecule has 3 aromatic rings. The summed E-state index contributed by atoms with van der Waals surface area (Å²) in [6, 6.07) is 5.68. The van der Waals surface area contributed by atoms with Crippen molar-refractivity contribution in [2.75, 3.05) is 10.2 Å². The van der Waals surface area contributed by atoms with Crippen LogP contribution in [-0.2, 0) is 13.3 Å². The van der Waals surface area contributed by atoms with Crippen LogP contribution in [0.1, 0.15) is 32.8 Å². The van der Waals surface area contributed by atoms with Crippen LogP contribution in [0.25, 0.3) is 11.0 Å². The molecule has 0 fully saturated rings. The standard InChI is InChI=1S/C20H17I4N2O4/c1-24-15-5-11(12(6-21)13(7-22)14(15)8-23)18(28)19-17(26-20(25)29)10-3-2-9(27)4-16(10)30-19/h2-5,27H,6-8H2,1H3,(H3,25,26,29)/q-1. The Morgan fingerprint density at radius 1 is 1.10 bits per heavy atom. The van der Waals surface area contributed by atoms with E-state index in [-0.39, 0.29) is 44.2 Å². The number of anilines is 1. The van der Waals surface area contributed by atoms with E-state index in [9.17, 15) is 14.7 Å². The van der Waals surface area contributed by atoms with Gasteiger partial charge in [0.05, 0.1) is 0 Å². The number of hydrogen-bond acceptors (Lipinski definition) is 4. The van der Waals surface area contributed by atoms with Crippen LogP contribution in [0.15, 0.2) is 28.7 Å². The molecular weight excluding hydrogens is 840 g/mol. The maximum atomic E-state index is 13.7. The Hall–Kier alpha value is -0.360. The van der Waals surface area contributed by atoms with Gasteiger partial charge in [-0.25, -0.2) is 0 Å². The van der Waals surface area contributed by atoms with Gasteiger partial charge in [0.15, 0.2) is 0 Å². The Morgan fingerprint density at radius 2 is 1.77 bits per heavy atom. The van der Waals surface area contributed by atoms with Gasteiger partial charge in [-0.1, -0.05) is 0 Å². The van der Waals surface area contributed by atoms with Crippen molar-refractivity contribution in [3.05, 3.63) is 55.8 Å². The number of nitrogens with two attached hydrogens (primary N) is 1. The van der Waals surface area contributed by atoms with Gasteiger partial charge in [0.1, 0.15) is 0 Å². The summed E-state index contributed by atoms with van der Waals surface area (Å²) in [6.45, 7) is 0. The van der Waals surface area contributed by atoms with E-state index in [2.05, 4.69) is 78.0 Å². The van der Waals surface area contributed by atoms with Crippen molar-refractivity contribution >= 4 is 96.2 Å². The first-order chi connectivity index (χ1) is 14.4. The molecule has 0 saturated carbocycles. The van der Waals surface area contributed by atoms with E-state index in [1.54, 1.807) is 6.07 Å². The number of furan rings is 1. The van der Waals surface area contributed by atoms with E-state index >= 15 is 0 Å². The fourth-order valence-corrected chi connectivity index (χ4v) is 8.42. The minimum absolute atomic E-state index is 0.00504. The number of alkyl halides is 4. The molecular formula is C20H17I4N2O4-. The number of phenolic OH excluding ortho intramolecular Hbond substituents is 1. The number of phenols is 1. The van der Waals surface area contributed by atoms with E-state index in [4.69, 9.17) is 10.2 Å². The summed E-state index contributed by atoms with van der Waals surface area (Å²) in [6.07, 6.45) is 0. The summed E-state index contributed by atoms with van der Waals surface area (Å²) >= 11 is 6.77. The molecule has 2 aromatic carbocycles. The number of aromatic hydroxyl groups is 1. The Kier molecular flexibility index (Phi) is 8.50.